The first kappa shape index (κ1) is 12.2. The Kier molecular flexibility index (Phi) is 5.78. The molecule has 0 radical (unpaired) electrons. The van der Waals surface area contributed by atoms with Crippen LogP contribution in [0.2, 0.25) is 0 Å². The maximum Gasteiger partial charge on any atom is 0.302 e. The summed E-state index contributed by atoms with van der Waals surface area (Å²) in [6, 6.07) is 8.76. The maximum atomic E-state index is 10.4. The molecular formula is C10H13NO3. The van der Waals surface area contributed by atoms with Crippen LogP contribution in [-0.4, -0.2) is 19.0 Å². The van der Waals surface area contributed by atoms with Crippen LogP contribution in [0.15, 0.2) is 30.3 Å². The molecule has 0 aromatic heterocycles. The van der Waals surface area contributed by atoms with Crippen LogP contribution in [0.3, 0.4) is 0 Å². The van der Waals surface area contributed by atoms with Gasteiger partial charge in [0.05, 0.1) is 7.11 Å². The lowest BCUT2D eigenvalue weighted by molar-refractivity contribution is -0.137. The predicted molar refractivity (Wildman–Crippen MR) is 52.6 cm³/mol. The van der Waals surface area contributed by atoms with E-state index in [0.717, 1.165) is 0 Å². The van der Waals surface area contributed by atoms with Crippen LogP contribution in [0.1, 0.15) is 17.3 Å². The molecule has 0 heterocycles. The first-order chi connectivity index (χ1) is 6.57. The van der Waals surface area contributed by atoms with Crippen molar-refractivity contribution in [3.05, 3.63) is 35.9 Å². The van der Waals surface area contributed by atoms with Gasteiger partial charge < -0.3 is 10.5 Å². The number of benzene rings is 1. The number of amides is 1. The minimum Gasteiger partial charge on any atom is -0.469 e. The molecule has 0 spiro atoms. The summed E-state index contributed by atoms with van der Waals surface area (Å²) in [6.07, 6.45) is 0. The van der Waals surface area contributed by atoms with Gasteiger partial charge in [-0.1, -0.05) is 18.2 Å². The summed E-state index contributed by atoms with van der Waals surface area (Å²) in [4.78, 5) is 20.0. The van der Waals surface area contributed by atoms with Gasteiger partial charge in [-0.2, -0.15) is 0 Å². The van der Waals surface area contributed by atoms with E-state index in [1.807, 2.05) is 6.07 Å². The zero-order valence-corrected chi connectivity index (χ0v) is 8.19. The van der Waals surface area contributed by atoms with Crippen molar-refractivity contribution in [2.75, 3.05) is 7.11 Å². The maximum absolute atomic E-state index is 10.4. The molecule has 0 atom stereocenters. The number of hydrogen-bond acceptors (Lipinski definition) is 3. The number of carbonyl (C=O) groups is 2. The third-order valence-electron chi connectivity index (χ3n) is 1.35. The molecule has 4 nitrogen and oxygen atoms in total. The number of primary amides is 1. The van der Waals surface area contributed by atoms with Crippen molar-refractivity contribution in [1.82, 2.24) is 0 Å². The summed E-state index contributed by atoms with van der Waals surface area (Å²) >= 11 is 0. The third kappa shape index (κ3) is 5.77. The van der Waals surface area contributed by atoms with Gasteiger partial charge >= 0.3 is 5.97 Å². The fraction of sp³-hybridized carbons (Fsp3) is 0.200. The van der Waals surface area contributed by atoms with Crippen molar-refractivity contribution in [1.29, 1.82) is 0 Å². The Hall–Kier alpha value is -1.84. The second kappa shape index (κ2) is 6.65. The van der Waals surface area contributed by atoms with Crippen molar-refractivity contribution >= 4 is 11.9 Å². The molecule has 1 aromatic carbocycles. The van der Waals surface area contributed by atoms with Crippen LogP contribution in [-0.2, 0) is 9.53 Å². The number of esters is 1. The highest BCUT2D eigenvalue weighted by atomic mass is 16.5. The zero-order valence-electron chi connectivity index (χ0n) is 8.19. The summed E-state index contributed by atoms with van der Waals surface area (Å²) in [5.74, 6) is -0.624. The number of rotatable bonds is 1. The number of ether oxygens (including phenoxy) is 1. The molecule has 0 aliphatic carbocycles. The Morgan fingerprint density at radius 2 is 1.64 bits per heavy atom. The highest BCUT2D eigenvalue weighted by Crippen LogP contribution is 1.94. The third-order valence-corrected chi connectivity index (χ3v) is 1.35. The van der Waals surface area contributed by atoms with Crippen LogP contribution >= 0.6 is 0 Å². The Bertz CT molecular complexity index is 295. The quantitative estimate of drug-likeness (QED) is 0.678. The van der Waals surface area contributed by atoms with Gasteiger partial charge in [-0.15, -0.1) is 0 Å². The fourth-order valence-corrected chi connectivity index (χ4v) is 0.602. The van der Waals surface area contributed by atoms with Crippen molar-refractivity contribution in [3.63, 3.8) is 0 Å². The van der Waals surface area contributed by atoms with Gasteiger partial charge in [-0.05, 0) is 12.1 Å². The molecule has 0 unspecified atom stereocenters. The average molecular weight is 195 g/mol. The van der Waals surface area contributed by atoms with E-state index < -0.39 is 0 Å². The van der Waals surface area contributed by atoms with Crippen molar-refractivity contribution < 1.29 is 14.3 Å². The van der Waals surface area contributed by atoms with Gasteiger partial charge in [0, 0.05) is 12.5 Å². The van der Waals surface area contributed by atoms with Crippen molar-refractivity contribution in [2.24, 2.45) is 5.73 Å². The summed E-state index contributed by atoms with van der Waals surface area (Å²) in [5, 5.41) is 0. The Morgan fingerprint density at radius 1 is 1.21 bits per heavy atom. The molecule has 0 saturated heterocycles. The monoisotopic (exact) mass is 195 g/mol. The molecule has 0 bridgehead atoms. The summed E-state index contributed by atoms with van der Waals surface area (Å²) in [6.45, 7) is 1.36. The number of hydrogen-bond donors (Lipinski definition) is 1. The van der Waals surface area contributed by atoms with Gasteiger partial charge in [0.25, 0.3) is 0 Å². The number of carbonyl (C=O) groups excluding carboxylic acids is 2. The minimum absolute atomic E-state index is 0.245. The highest BCUT2D eigenvalue weighted by Gasteiger charge is 1.93. The lowest BCUT2D eigenvalue weighted by Gasteiger charge is -1.89. The molecule has 76 valence electrons. The molecule has 0 saturated carbocycles. The van der Waals surface area contributed by atoms with Crippen LogP contribution < -0.4 is 5.73 Å². The fourth-order valence-electron chi connectivity index (χ4n) is 0.602. The molecule has 14 heavy (non-hydrogen) atoms. The second-order valence-electron chi connectivity index (χ2n) is 2.43. The minimum atomic E-state index is -0.379. The standard InChI is InChI=1S/C7H7NO.C3H6O2/c8-7(9)6-4-2-1-3-5-6;1-3(4)5-2/h1-5H,(H2,8,9);1-2H3. The first-order valence-corrected chi connectivity index (χ1v) is 3.97. The smallest absolute Gasteiger partial charge is 0.302 e. The first-order valence-electron chi connectivity index (χ1n) is 3.97. The lowest BCUT2D eigenvalue weighted by Crippen LogP contribution is -2.09. The highest BCUT2D eigenvalue weighted by molar-refractivity contribution is 5.92. The van der Waals surface area contributed by atoms with E-state index in [-0.39, 0.29) is 11.9 Å². The van der Waals surface area contributed by atoms with E-state index in [0.29, 0.717) is 5.56 Å². The molecule has 1 aromatic rings. The summed E-state index contributed by atoms with van der Waals surface area (Å²) in [7, 11) is 1.35. The molecule has 0 aliphatic heterocycles. The average Bonchev–Trinajstić information content (AvgIpc) is 2.20. The van der Waals surface area contributed by atoms with E-state index in [1.54, 1.807) is 24.3 Å². The van der Waals surface area contributed by atoms with E-state index >= 15 is 0 Å². The van der Waals surface area contributed by atoms with Gasteiger partial charge in [0.2, 0.25) is 5.91 Å². The van der Waals surface area contributed by atoms with Crippen LogP contribution in [0.4, 0.5) is 0 Å². The lowest BCUT2D eigenvalue weighted by atomic mass is 10.2. The molecular weight excluding hydrogens is 182 g/mol. The van der Waals surface area contributed by atoms with Crippen LogP contribution in [0, 0.1) is 0 Å². The zero-order chi connectivity index (χ0) is 11.0. The normalized spacial score (nSPS) is 8.14. The Morgan fingerprint density at radius 3 is 1.86 bits per heavy atom. The van der Waals surface area contributed by atoms with Crippen LogP contribution in [0.5, 0.6) is 0 Å². The van der Waals surface area contributed by atoms with E-state index in [4.69, 9.17) is 5.73 Å². The topological polar surface area (TPSA) is 69.4 Å². The molecule has 0 aliphatic rings. The van der Waals surface area contributed by atoms with Gasteiger partial charge in [0.1, 0.15) is 0 Å². The molecule has 1 rings (SSSR count). The summed E-state index contributed by atoms with van der Waals surface area (Å²) in [5.41, 5.74) is 5.53. The summed E-state index contributed by atoms with van der Waals surface area (Å²) < 4.78 is 4.11. The largest absolute Gasteiger partial charge is 0.469 e. The SMILES string of the molecule is COC(C)=O.NC(=O)c1ccccc1. The molecule has 1 amide bonds. The molecule has 2 N–H and O–H groups in total. The van der Waals surface area contributed by atoms with Gasteiger partial charge in [0.15, 0.2) is 0 Å². The van der Waals surface area contributed by atoms with E-state index in [1.165, 1.54) is 14.0 Å². The van der Waals surface area contributed by atoms with Crippen LogP contribution in [0.25, 0.3) is 0 Å². The molecule has 4 heteroatoms. The number of nitrogens with two attached hydrogens (primary N) is 1. The Balaban J connectivity index is 0.000000292. The van der Waals surface area contributed by atoms with Gasteiger partial charge in [-0.3, -0.25) is 9.59 Å². The predicted octanol–water partition coefficient (Wildman–Crippen LogP) is 0.965. The Labute approximate surface area is 82.7 Å². The van der Waals surface area contributed by atoms with E-state index in [9.17, 15) is 9.59 Å². The van der Waals surface area contributed by atoms with Crippen molar-refractivity contribution in [3.8, 4) is 0 Å². The number of methoxy groups -OCH3 is 1. The van der Waals surface area contributed by atoms with Gasteiger partial charge in [-0.25, -0.2) is 0 Å². The second-order valence-corrected chi connectivity index (χ2v) is 2.43. The van der Waals surface area contributed by atoms with E-state index in [2.05, 4.69) is 4.74 Å². The van der Waals surface area contributed by atoms with Crippen molar-refractivity contribution in [2.45, 2.75) is 6.92 Å². The molecule has 0 fully saturated rings.